The average Bonchev–Trinajstić information content (AvgIpc) is 2.71. The van der Waals surface area contributed by atoms with E-state index in [1.165, 1.54) is 0 Å². The van der Waals surface area contributed by atoms with Crippen molar-refractivity contribution >= 4 is 5.91 Å². The highest BCUT2D eigenvalue weighted by atomic mass is 16.3. The highest BCUT2D eigenvalue weighted by Gasteiger charge is 2.27. The predicted molar refractivity (Wildman–Crippen MR) is 63.7 cm³/mol. The van der Waals surface area contributed by atoms with E-state index in [1.54, 1.807) is 0 Å². The molecular formula is C13H21NO2. The molecule has 3 heteroatoms. The standard InChI is InChI=1S/C13H21NO2/c1-2-3-4-5-9-13(16)14-12-8-6-7-11(12)10-15/h1,11-12,15H,3-10H2,(H,14,16). The van der Waals surface area contributed by atoms with Crippen molar-refractivity contribution in [2.45, 2.75) is 51.0 Å². The highest BCUT2D eigenvalue weighted by Crippen LogP contribution is 2.25. The summed E-state index contributed by atoms with van der Waals surface area (Å²) in [6.07, 6.45) is 11.3. The third-order valence-corrected chi connectivity index (χ3v) is 3.21. The Morgan fingerprint density at radius 3 is 2.94 bits per heavy atom. The maximum absolute atomic E-state index is 11.6. The summed E-state index contributed by atoms with van der Waals surface area (Å²) in [5, 5.41) is 12.1. The number of terminal acetylenes is 1. The van der Waals surface area contributed by atoms with Gasteiger partial charge in [0.2, 0.25) is 5.91 Å². The van der Waals surface area contributed by atoms with E-state index in [4.69, 9.17) is 11.5 Å². The lowest BCUT2D eigenvalue weighted by atomic mass is 10.0. The Morgan fingerprint density at radius 2 is 2.25 bits per heavy atom. The molecule has 0 radical (unpaired) electrons. The number of nitrogens with one attached hydrogen (secondary N) is 1. The molecule has 2 atom stereocenters. The van der Waals surface area contributed by atoms with E-state index < -0.39 is 0 Å². The van der Waals surface area contributed by atoms with Crippen LogP contribution in [-0.4, -0.2) is 23.7 Å². The fraction of sp³-hybridized carbons (Fsp3) is 0.769. The van der Waals surface area contributed by atoms with Crippen LogP contribution in [0.1, 0.15) is 44.9 Å². The maximum Gasteiger partial charge on any atom is 0.220 e. The van der Waals surface area contributed by atoms with Crippen molar-refractivity contribution in [1.82, 2.24) is 5.32 Å². The van der Waals surface area contributed by atoms with Crippen molar-refractivity contribution in [3.8, 4) is 12.3 Å². The van der Waals surface area contributed by atoms with Crippen LogP contribution in [0.15, 0.2) is 0 Å². The zero-order valence-electron chi connectivity index (χ0n) is 9.74. The first-order valence-electron chi connectivity index (χ1n) is 6.11. The van der Waals surface area contributed by atoms with Gasteiger partial charge >= 0.3 is 0 Å². The van der Waals surface area contributed by atoms with E-state index in [1.807, 2.05) is 0 Å². The Morgan fingerprint density at radius 1 is 1.44 bits per heavy atom. The second-order valence-corrected chi connectivity index (χ2v) is 4.46. The maximum atomic E-state index is 11.6. The third-order valence-electron chi connectivity index (χ3n) is 3.21. The number of unbranched alkanes of at least 4 members (excludes halogenated alkanes) is 2. The minimum Gasteiger partial charge on any atom is -0.396 e. The van der Waals surface area contributed by atoms with E-state index in [0.29, 0.717) is 6.42 Å². The first-order chi connectivity index (χ1) is 7.77. The molecule has 3 nitrogen and oxygen atoms in total. The van der Waals surface area contributed by atoms with Gasteiger partial charge in [-0.2, -0.15) is 0 Å². The third kappa shape index (κ3) is 4.24. The monoisotopic (exact) mass is 223 g/mol. The number of aliphatic hydroxyl groups is 1. The minimum atomic E-state index is 0.0994. The first kappa shape index (κ1) is 13.1. The Bertz CT molecular complexity index is 257. The van der Waals surface area contributed by atoms with E-state index in [2.05, 4.69) is 11.2 Å². The number of carbonyl (C=O) groups is 1. The van der Waals surface area contributed by atoms with E-state index in [9.17, 15) is 4.79 Å². The summed E-state index contributed by atoms with van der Waals surface area (Å²) in [6, 6.07) is 0.185. The van der Waals surface area contributed by atoms with Gasteiger partial charge in [0, 0.05) is 31.4 Å². The molecule has 0 aromatic rings. The number of hydrogen-bond acceptors (Lipinski definition) is 2. The van der Waals surface area contributed by atoms with Crippen LogP contribution in [0.3, 0.4) is 0 Å². The summed E-state index contributed by atoms with van der Waals surface area (Å²) in [7, 11) is 0. The predicted octanol–water partition coefficient (Wildman–Crippen LogP) is 1.46. The lowest BCUT2D eigenvalue weighted by Crippen LogP contribution is -2.38. The molecule has 0 aromatic heterocycles. The fourth-order valence-electron chi connectivity index (χ4n) is 2.24. The van der Waals surface area contributed by atoms with Gasteiger partial charge in [0.05, 0.1) is 0 Å². The van der Waals surface area contributed by atoms with Crippen LogP contribution in [-0.2, 0) is 4.79 Å². The molecule has 2 unspecified atom stereocenters. The molecular weight excluding hydrogens is 202 g/mol. The summed E-state index contributed by atoms with van der Waals surface area (Å²) in [4.78, 5) is 11.6. The molecule has 1 rings (SSSR count). The molecule has 0 heterocycles. The zero-order chi connectivity index (χ0) is 11.8. The molecule has 90 valence electrons. The summed E-state index contributed by atoms with van der Waals surface area (Å²) in [5.74, 6) is 2.92. The van der Waals surface area contributed by atoms with Crippen molar-refractivity contribution in [2.75, 3.05) is 6.61 Å². The Labute approximate surface area is 97.6 Å². The van der Waals surface area contributed by atoms with Gasteiger partial charge in [0.15, 0.2) is 0 Å². The van der Waals surface area contributed by atoms with E-state index >= 15 is 0 Å². The van der Waals surface area contributed by atoms with Crippen LogP contribution in [0.2, 0.25) is 0 Å². The van der Waals surface area contributed by atoms with Crippen molar-refractivity contribution in [1.29, 1.82) is 0 Å². The lowest BCUT2D eigenvalue weighted by molar-refractivity contribution is -0.122. The number of carbonyl (C=O) groups excluding carboxylic acids is 1. The molecule has 0 saturated heterocycles. The van der Waals surface area contributed by atoms with Gasteiger partial charge < -0.3 is 10.4 Å². The van der Waals surface area contributed by atoms with Gasteiger partial charge in [-0.3, -0.25) is 4.79 Å². The molecule has 1 aliphatic carbocycles. The molecule has 0 aliphatic heterocycles. The second-order valence-electron chi connectivity index (χ2n) is 4.46. The number of amides is 1. The molecule has 0 spiro atoms. The van der Waals surface area contributed by atoms with Gasteiger partial charge in [0.1, 0.15) is 0 Å². The normalized spacial score (nSPS) is 24.0. The molecule has 0 bridgehead atoms. The quantitative estimate of drug-likeness (QED) is 0.529. The van der Waals surface area contributed by atoms with Crippen LogP contribution >= 0.6 is 0 Å². The van der Waals surface area contributed by atoms with Crippen molar-refractivity contribution < 1.29 is 9.90 Å². The number of rotatable bonds is 6. The van der Waals surface area contributed by atoms with Gasteiger partial charge in [-0.15, -0.1) is 12.3 Å². The number of aliphatic hydroxyl groups excluding tert-OH is 1. The SMILES string of the molecule is C#CCCCCC(=O)NC1CCCC1CO. The summed E-state index contributed by atoms with van der Waals surface area (Å²) >= 11 is 0. The Balaban J connectivity index is 2.16. The Hall–Kier alpha value is -1.01. The second kappa shape index (κ2) is 7.29. The highest BCUT2D eigenvalue weighted by molar-refractivity contribution is 5.76. The van der Waals surface area contributed by atoms with Crippen molar-refractivity contribution in [3.05, 3.63) is 0 Å². The van der Waals surface area contributed by atoms with Crippen LogP contribution in [0.25, 0.3) is 0 Å². The van der Waals surface area contributed by atoms with Gasteiger partial charge in [-0.1, -0.05) is 6.42 Å². The fourth-order valence-corrected chi connectivity index (χ4v) is 2.24. The van der Waals surface area contributed by atoms with Crippen molar-refractivity contribution in [3.63, 3.8) is 0 Å². The van der Waals surface area contributed by atoms with E-state index in [0.717, 1.165) is 38.5 Å². The molecule has 2 N–H and O–H groups in total. The number of hydrogen-bond donors (Lipinski definition) is 2. The average molecular weight is 223 g/mol. The van der Waals surface area contributed by atoms with Crippen LogP contribution < -0.4 is 5.32 Å². The summed E-state index contributed by atoms with van der Waals surface area (Å²) < 4.78 is 0. The molecule has 0 aromatic carbocycles. The molecule has 1 saturated carbocycles. The van der Waals surface area contributed by atoms with Gasteiger partial charge in [-0.05, 0) is 25.7 Å². The Kier molecular flexibility index (Phi) is 5.95. The molecule has 16 heavy (non-hydrogen) atoms. The van der Waals surface area contributed by atoms with Gasteiger partial charge in [-0.25, -0.2) is 0 Å². The van der Waals surface area contributed by atoms with E-state index in [-0.39, 0.29) is 24.5 Å². The van der Waals surface area contributed by atoms with Crippen LogP contribution in [0.5, 0.6) is 0 Å². The molecule has 1 aliphatic rings. The van der Waals surface area contributed by atoms with Crippen LogP contribution in [0, 0.1) is 18.3 Å². The topological polar surface area (TPSA) is 49.3 Å². The molecule has 1 amide bonds. The summed E-state index contributed by atoms with van der Waals surface area (Å²) in [5.41, 5.74) is 0. The smallest absolute Gasteiger partial charge is 0.220 e. The minimum absolute atomic E-state index is 0.0994. The molecule has 1 fully saturated rings. The summed E-state index contributed by atoms with van der Waals surface area (Å²) in [6.45, 7) is 0.183. The largest absolute Gasteiger partial charge is 0.396 e. The lowest BCUT2D eigenvalue weighted by Gasteiger charge is -2.18. The van der Waals surface area contributed by atoms with Gasteiger partial charge in [0.25, 0.3) is 0 Å². The first-order valence-corrected chi connectivity index (χ1v) is 6.11. The zero-order valence-corrected chi connectivity index (χ0v) is 9.74. The van der Waals surface area contributed by atoms with Crippen molar-refractivity contribution in [2.24, 2.45) is 5.92 Å². The van der Waals surface area contributed by atoms with Crippen LogP contribution in [0.4, 0.5) is 0 Å².